The van der Waals surface area contributed by atoms with Crippen LogP contribution in [0.4, 0.5) is 0 Å². The highest BCUT2D eigenvalue weighted by Gasteiger charge is 2.37. The van der Waals surface area contributed by atoms with E-state index in [1.54, 1.807) is 25.2 Å². The van der Waals surface area contributed by atoms with Gasteiger partial charge in [0.25, 0.3) is 0 Å². The highest BCUT2D eigenvalue weighted by atomic mass is 32.2. The second-order valence-electron chi connectivity index (χ2n) is 9.50. The number of H-pyrrole nitrogens is 1. The summed E-state index contributed by atoms with van der Waals surface area (Å²) >= 11 is 0. The Morgan fingerprint density at radius 2 is 1.91 bits per heavy atom. The molecule has 1 aliphatic heterocycles. The van der Waals surface area contributed by atoms with Crippen LogP contribution < -0.4 is 5.46 Å². The highest BCUT2D eigenvalue weighted by molar-refractivity contribution is 7.89. The minimum Gasteiger partial charge on any atom is -0.428 e. The van der Waals surface area contributed by atoms with Crippen LogP contribution in [-0.2, 0) is 16.6 Å². The molecule has 2 N–H and O–H groups in total. The van der Waals surface area contributed by atoms with Gasteiger partial charge in [0.1, 0.15) is 5.65 Å². The molecule has 1 aliphatic carbocycles. The van der Waals surface area contributed by atoms with Crippen molar-refractivity contribution in [1.29, 1.82) is 0 Å². The van der Waals surface area contributed by atoms with E-state index in [1.807, 2.05) is 42.6 Å². The van der Waals surface area contributed by atoms with Crippen molar-refractivity contribution in [3.8, 4) is 0 Å². The molecule has 1 saturated carbocycles. The van der Waals surface area contributed by atoms with Gasteiger partial charge in [0.2, 0.25) is 10.0 Å². The van der Waals surface area contributed by atoms with Gasteiger partial charge >= 0.3 is 7.05 Å². The van der Waals surface area contributed by atoms with Gasteiger partial charge in [0.05, 0.1) is 11.5 Å². The molecule has 3 aromatic rings. The van der Waals surface area contributed by atoms with Gasteiger partial charge in [0, 0.05) is 55.4 Å². The average molecular weight is 479 g/mol. The molecule has 34 heavy (non-hydrogen) atoms. The van der Waals surface area contributed by atoms with Crippen LogP contribution in [0.15, 0.2) is 53.9 Å². The molecule has 3 heterocycles. The fourth-order valence-electron chi connectivity index (χ4n) is 5.23. The lowest BCUT2D eigenvalue weighted by molar-refractivity contribution is 0.335. The van der Waals surface area contributed by atoms with E-state index in [-0.39, 0.29) is 17.6 Å². The fourth-order valence-corrected chi connectivity index (χ4v) is 6.76. The SMILES string of the molecule is CN1N=C(C2CCC(CS(=O)(=O)N(C)Cc3ccccc3)CC2)c2c(cnc3[nH]ccc23)B1O. The van der Waals surface area contributed by atoms with Gasteiger partial charge < -0.3 is 14.9 Å². The first kappa shape index (κ1) is 23.1. The van der Waals surface area contributed by atoms with E-state index < -0.39 is 17.1 Å². The van der Waals surface area contributed by atoms with E-state index in [9.17, 15) is 13.4 Å². The van der Waals surface area contributed by atoms with E-state index in [2.05, 4.69) is 9.97 Å². The van der Waals surface area contributed by atoms with Crippen LogP contribution in [0.25, 0.3) is 11.0 Å². The molecule has 2 aliphatic rings. The van der Waals surface area contributed by atoms with Crippen LogP contribution in [-0.4, -0.2) is 65.2 Å². The summed E-state index contributed by atoms with van der Waals surface area (Å²) in [6, 6.07) is 11.7. The lowest BCUT2D eigenvalue weighted by atomic mass is 9.67. The van der Waals surface area contributed by atoms with Crippen LogP contribution in [0.5, 0.6) is 0 Å². The molecule has 1 aromatic carbocycles. The maximum atomic E-state index is 13.0. The molecule has 1 fully saturated rings. The molecule has 8 nitrogen and oxygen atoms in total. The Hall–Kier alpha value is -2.69. The summed E-state index contributed by atoms with van der Waals surface area (Å²) in [7, 11) is -0.725. The number of fused-ring (bicyclic) bond motifs is 3. The molecular formula is C24H30BN5O3S. The van der Waals surface area contributed by atoms with Gasteiger partial charge in [-0.15, -0.1) is 0 Å². The summed E-state index contributed by atoms with van der Waals surface area (Å²) < 4.78 is 27.5. The Bertz CT molecular complexity index is 1300. The van der Waals surface area contributed by atoms with Crippen LogP contribution in [0, 0.1) is 11.8 Å². The Labute approximate surface area is 200 Å². The summed E-state index contributed by atoms with van der Waals surface area (Å²) in [4.78, 5) is 9.19. The zero-order valence-electron chi connectivity index (χ0n) is 19.6. The van der Waals surface area contributed by atoms with Crippen LogP contribution in [0.3, 0.4) is 0 Å². The largest absolute Gasteiger partial charge is 0.468 e. The summed E-state index contributed by atoms with van der Waals surface area (Å²) in [6.07, 6.45) is 7.01. The van der Waals surface area contributed by atoms with Crippen molar-refractivity contribution >= 4 is 39.3 Å². The number of hydrogen-bond acceptors (Lipinski definition) is 6. The predicted octanol–water partition coefficient (Wildman–Crippen LogP) is 2.17. The lowest BCUT2D eigenvalue weighted by Gasteiger charge is -2.34. The number of aromatic amines is 1. The Morgan fingerprint density at radius 1 is 1.18 bits per heavy atom. The smallest absolute Gasteiger partial charge is 0.428 e. The van der Waals surface area contributed by atoms with Gasteiger partial charge in [-0.2, -0.15) is 5.10 Å². The molecule has 0 radical (unpaired) electrons. The number of hydrogen-bond donors (Lipinski definition) is 2. The van der Waals surface area contributed by atoms with Crippen molar-refractivity contribution in [1.82, 2.24) is 19.2 Å². The number of aromatic nitrogens is 2. The van der Waals surface area contributed by atoms with Gasteiger partial charge in [0.15, 0.2) is 0 Å². The normalized spacial score (nSPS) is 21.1. The van der Waals surface area contributed by atoms with Gasteiger partial charge in [-0.25, -0.2) is 17.7 Å². The first-order valence-corrected chi connectivity index (χ1v) is 13.4. The summed E-state index contributed by atoms with van der Waals surface area (Å²) in [6.45, 7) is 0.390. The Kier molecular flexibility index (Phi) is 6.22. The molecule has 0 unspecified atom stereocenters. The first-order chi connectivity index (χ1) is 16.3. The predicted molar refractivity (Wildman–Crippen MR) is 135 cm³/mol. The summed E-state index contributed by atoms with van der Waals surface area (Å²) in [5.41, 5.74) is 4.48. The quantitative estimate of drug-likeness (QED) is 0.528. The maximum Gasteiger partial charge on any atom is 0.468 e. The van der Waals surface area contributed by atoms with Crippen molar-refractivity contribution in [2.75, 3.05) is 19.8 Å². The molecule has 0 atom stereocenters. The molecule has 0 bridgehead atoms. The van der Waals surface area contributed by atoms with Crippen LogP contribution in [0.2, 0.25) is 0 Å². The topological polar surface area (TPSA) is 102 Å². The number of rotatable bonds is 6. The standard InChI is InChI=1S/C24H30BN5O3S/c1-29(15-17-6-4-3-5-7-17)34(32,33)16-18-8-10-19(11-9-18)23-22-20-12-13-26-24(20)27-14-21(22)25(31)30(2)28-23/h3-7,12-14,18-19,31H,8-11,15-16H2,1-2H3,(H,26,27). The molecule has 10 heteroatoms. The van der Waals surface area contributed by atoms with Crippen molar-refractivity contribution < 1.29 is 13.4 Å². The van der Waals surface area contributed by atoms with Crippen LogP contribution in [0.1, 0.15) is 36.8 Å². The van der Waals surface area contributed by atoms with Gasteiger partial charge in [-0.1, -0.05) is 30.3 Å². The molecule has 0 saturated heterocycles. The van der Waals surface area contributed by atoms with E-state index in [4.69, 9.17) is 5.10 Å². The van der Waals surface area contributed by atoms with Gasteiger partial charge in [-0.05, 0) is 43.2 Å². The molecule has 0 amide bonds. The zero-order valence-corrected chi connectivity index (χ0v) is 20.4. The number of benzene rings is 1. The number of pyridine rings is 1. The third-order valence-electron chi connectivity index (χ3n) is 7.17. The molecule has 0 spiro atoms. The zero-order chi connectivity index (χ0) is 23.9. The monoisotopic (exact) mass is 479 g/mol. The first-order valence-electron chi connectivity index (χ1n) is 11.8. The average Bonchev–Trinajstić information content (AvgIpc) is 3.31. The maximum absolute atomic E-state index is 13.0. The molecular weight excluding hydrogens is 449 g/mol. The second kappa shape index (κ2) is 9.17. The lowest BCUT2D eigenvalue weighted by Crippen LogP contribution is -2.51. The van der Waals surface area contributed by atoms with Gasteiger partial charge in [-0.3, -0.25) is 0 Å². The Balaban J connectivity index is 1.28. The highest BCUT2D eigenvalue weighted by Crippen LogP contribution is 2.35. The summed E-state index contributed by atoms with van der Waals surface area (Å²) in [5.74, 6) is 0.530. The molecule has 5 rings (SSSR count). The number of nitrogens with zero attached hydrogens (tertiary/aromatic N) is 4. The third kappa shape index (κ3) is 4.37. The van der Waals surface area contributed by atoms with Crippen molar-refractivity contribution in [2.45, 2.75) is 32.2 Å². The summed E-state index contributed by atoms with van der Waals surface area (Å²) in [5, 5.41) is 16.4. The van der Waals surface area contributed by atoms with Crippen LogP contribution >= 0.6 is 0 Å². The Morgan fingerprint density at radius 3 is 2.65 bits per heavy atom. The minimum atomic E-state index is -3.34. The van der Waals surface area contributed by atoms with Crippen molar-refractivity contribution in [3.05, 3.63) is 59.9 Å². The fraction of sp³-hybridized carbons (Fsp3) is 0.417. The third-order valence-corrected chi connectivity index (χ3v) is 9.14. The second-order valence-corrected chi connectivity index (χ2v) is 11.6. The minimum absolute atomic E-state index is 0.135. The number of hydrazone groups is 1. The molecule has 178 valence electrons. The molecule has 2 aromatic heterocycles. The van der Waals surface area contributed by atoms with Crippen molar-refractivity contribution in [3.63, 3.8) is 0 Å². The van der Waals surface area contributed by atoms with E-state index in [0.717, 1.165) is 59.0 Å². The number of nitrogens with one attached hydrogen (secondary N) is 1. The van der Waals surface area contributed by atoms with E-state index in [0.29, 0.717) is 6.54 Å². The number of sulfonamides is 1. The van der Waals surface area contributed by atoms with E-state index >= 15 is 0 Å². The van der Waals surface area contributed by atoms with Crippen molar-refractivity contribution in [2.24, 2.45) is 16.9 Å². The van der Waals surface area contributed by atoms with E-state index in [1.165, 1.54) is 4.31 Å².